The van der Waals surface area contributed by atoms with Gasteiger partial charge in [0.1, 0.15) is 30.3 Å². The lowest BCUT2D eigenvalue weighted by atomic mass is 9.97. The van der Waals surface area contributed by atoms with Gasteiger partial charge in [-0.25, -0.2) is 0 Å². The lowest BCUT2D eigenvalue weighted by Crippen LogP contribution is -2.27. The van der Waals surface area contributed by atoms with Crippen molar-refractivity contribution in [3.8, 4) is 11.5 Å². The van der Waals surface area contributed by atoms with E-state index in [4.69, 9.17) is 14.2 Å². The average molecular weight is 405 g/mol. The number of hydrogen-bond acceptors (Lipinski definition) is 5. The summed E-state index contributed by atoms with van der Waals surface area (Å²) in [4.78, 5) is 10.7. The molecule has 0 amide bonds. The third-order valence-electron chi connectivity index (χ3n) is 5.02. The molecule has 154 valence electrons. The second kappa shape index (κ2) is 7.71. The Bertz CT molecular complexity index is 1080. The van der Waals surface area contributed by atoms with Crippen LogP contribution in [0.1, 0.15) is 37.0 Å². The Morgan fingerprint density at radius 2 is 2.07 bits per heavy atom. The van der Waals surface area contributed by atoms with Crippen molar-refractivity contribution in [3.05, 3.63) is 87.2 Å². The Labute approximate surface area is 175 Å². The van der Waals surface area contributed by atoms with Gasteiger partial charge in [-0.1, -0.05) is 18.7 Å². The second-order valence-electron chi connectivity index (χ2n) is 7.92. The monoisotopic (exact) mass is 405 g/mol. The van der Waals surface area contributed by atoms with Crippen molar-refractivity contribution < 1.29 is 19.1 Å². The van der Waals surface area contributed by atoms with Crippen LogP contribution in [0.25, 0.3) is 12.2 Å². The van der Waals surface area contributed by atoms with Crippen molar-refractivity contribution in [3.63, 3.8) is 0 Å². The van der Waals surface area contributed by atoms with Crippen LogP contribution in [0.15, 0.2) is 60.4 Å². The molecule has 2 aliphatic heterocycles. The summed E-state index contributed by atoms with van der Waals surface area (Å²) < 4.78 is 17.7. The van der Waals surface area contributed by atoms with E-state index in [0.29, 0.717) is 24.4 Å². The standard InChI is InChI=1S/C24H23NO5/c1-16(28-15-19-6-4-5-7-21(19)25(26)27)12-17-13-18-8-9-22-20(23(18)29-14-17)10-11-24(2,3)30-22/h4-11,13H,1,12,14-15H2,2-3H3. The van der Waals surface area contributed by atoms with Crippen molar-refractivity contribution in [1.82, 2.24) is 0 Å². The van der Waals surface area contributed by atoms with E-state index in [1.54, 1.807) is 18.2 Å². The van der Waals surface area contributed by atoms with E-state index < -0.39 is 4.92 Å². The van der Waals surface area contributed by atoms with E-state index in [9.17, 15) is 10.1 Å². The second-order valence-corrected chi connectivity index (χ2v) is 7.92. The smallest absolute Gasteiger partial charge is 0.276 e. The van der Waals surface area contributed by atoms with Crippen LogP contribution < -0.4 is 9.47 Å². The van der Waals surface area contributed by atoms with E-state index in [1.165, 1.54) is 6.07 Å². The lowest BCUT2D eigenvalue weighted by Gasteiger charge is -2.30. The molecule has 6 nitrogen and oxygen atoms in total. The van der Waals surface area contributed by atoms with Crippen molar-refractivity contribution in [2.45, 2.75) is 32.5 Å². The van der Waals surface area contributed by atoms with E-state index in [1.807, 2.05) is 38.1 Å². The third kappa shape index (κ3) is 4.08. The fraction of sp³-hybridized carbons (Fsp3) is 0.250. The summed E-state index contributed by atoms with van der Waals surface area (Å²) in [6, 6.07) is 10.5. The number of ether oxygens (including phenoxy) is 3. The van der Waals surface area contributed by atoms with Gasteiger partial charge in [0, 0.05) is 18.1 Å². The highest BCUT2D eigenvalue weighted by molar-refractivity contribution is 5.75. The minimum Gasteiger partial charge on any atom is -0.493 e. The maximum absolute atomic E-state index is 11.1. The molecule has 0 radical (unpaired) electrons. The van der Waals surface area contributed by atoms with Crippen molar-refractivity contribution in [2.75, 3.05) is 6.61 Å². The highest BCUT2D eigenvalue weighted by Crippen LogP contribution is 2.41. The van der Waals surface area contributed by atoms with E-state index in [2.05, 4.69) is 12.7 Å². The van der Waals surface area contributed by atoms with Gasteiger partial charge in [0.05, 0.1) is 21.8 Å². The van der Waals surface area contributed by atoms with E-state index in [-0.39, 0.29) is 17.9 Å². The summed E-state index contributed by atoms with van der Waals surface area (Å²) in [6.45, 7) is 8.52. The first-order valence-electron chi connectivity index (χ1n) is 9.73. The molecule has 0 aliphatic carbocycles. The van der Waals surface area contributed by atoms with Crippen LogP contribution in [-0.4, -0.2) is 17.1 Å². The number of allylic oxidation sites excluding steroid dienone is 1. The summed E-state index contributed by atoms with van der Waals surface area (Å²) in [6.07, 6.45) is 6.64. The molecular weight excluding hydrogens is 382 g/mol. The molecule has 6 heteroatoms. The minimum atomic E-state index is -0.407. The molecule has 0 spiro atoms. The number of fused-ring (bicyclic) bond motifs is 3. The normalized spacial score (nSPS) is 15.7. The molecule has 2 aromatic carbocycles. The number of nitro groups is 1. The molecule has 0 fully saturated rings. The number of benzene rings is 2. The van der Waals surface area contributed by atoms with Gasteiger partial charge < -0.3 is 14.2 Å². The quantitative estimate of drug-likeness (QED) is 0.351. The van der Waals surface area contributed by atoms with Crippen LogP contribution >= 0.6 is 0 Å². The Morgan fingerprint density at radius 1 is 1.27 bits per heavy atom. The molecule has 0 unspecified atom stereocenters. The molecule has 0 N–H and O–H groups in total. The Kier molecular flexibility index (Phi) is 5.08. The predicted molar refractivity (Wildman–Crippen MR) is 115 cm³/mol. The molecule has 0 atom stereocenters. The lowest BCUT2D eigenvalue weighted by molar-refractivity contribution is -0.385. The summed E-state index contributed by atoms with van der Waals surface area (Å²) in [5.74, 6) is 2.17. The minimum absolute atomic E-state index is 0.0441. The van der Waals surface area contributed by atoms with Crippen molar-refractivity contribution in [2.24, 2.45) is 0 Å². The van der Waals surface area contributed by atoms with Crippen molar-refractivity contribution >= 4 is 17.8 Å². The first-order valence-corrected chi connectivity index (χ1v) is 9.73. The molecule has 2 aromatic rings. The predicted octanol–water partition coefficient (Wildman–Crippen LogP) is 5.68. The van der Waals surface area contributed by atoms with Crippen LogP contribution in [0.3, 0.4) is 0 Å². The first kappa shape index (κ1) is 19.8. The molecule has 0 saturated heterocycles. The Balaban J connectivity index is 1.44. The van der Waals surface area contributed by atoms with Crippen molar-refractivity contribution in [1.29, 1.82) is 0 Å². The number of rotatable bonds is 6. The zero-order chi connectivity index (χ0) is 21.3. The molecule has 4 rings (SSSR count). The van der Waals surface area contributed by atoms with E-state index in [0.717, 1.165) is 28.2 Å². The van der Waals surface area contributed by atoms with Gasteiger partial charge in [-0.15, -0.1) is 0 Å². The van der Waals surface area contributed by atoms with Gasteiger partial charge in [0.15, 0.2) is 0 Å². The average Bonchev–Trinajstić information content (AvgIpc) is 2.71. The van der Waals surface area contributed by atoms with Gasteiger partial charge in [-0.3, -0.25) is 10.1 Å². The number of nitrogens with zero attached hydrogens (tertiary/aromatic N) is 1. The molecule has 30 heavy (non-hydrogen) atoms. The molecule has 0 aromatic heterocycles. The van der Waals surface area contributed by atoms with Gasteiger partial charge in [-0.2, -0.15) is 0 Å². The fourth-order valence-corrected chi connectivity index (χ4v) is 3.54. The zero-order valence-electron chi connectivity index (χ0n) is 17.0. The summed E-state index contributed by atoms with van der Waals surface area (Å²) in [7, 11) is 0. The Hall–Kier alpha value is -3.54. The largest absolute Gasteiger partial charge is 0.493 e. The molecule has 2 aliphatic rings. The first-order chi connectivity index (χ1) is 14.3. The van der Waals surface area contributed by atoms with Crippen LogP contribution in [0, 0.1) is 10.1 Å². The summed E-state index contributed by atoms with van der Waals surface area (Å²) in [5.41, 5.74) is 3.19. The van der Waals surface area contributed by atoms with E-state index >= 15 is 0 Å². The Morgan fingerprint density at radius 3 is 2.87 bits per heavy atom. The SMILES string of the molecule is C=C(CC1=Cc2ccc3c(c2OC1)C=CC(C)(C)O3)OCc1ccccc1[N+](=O)[O-]. The van der Waals surface area contributed by atoms with Crippen LogP contribution in [0.4, 0.5) is 5.69 Å². The van der Waals surface area contributed by atoms with Gasteiger partial charge in [-0.05, 0) is 55.8 Å². The maximum Gasteiger partial charge on any atom is 0.276 e. The number of para-hydroxylation sites is 1. The third-order valence-corrected chi connectivity index (χ3v) is 5.02. The molecular formula is C24H23NO5. The maximum atomic E-state index is 11.1. The topological polar surface area (TPSA) is 70.8 Å². The highest BCUT2D eigenvalue weighted by atomic mass is 16.6. The zero-order valence-corrected chi connectivity index (χ0v) is 17.0. The summed E-state index contributed by atoms with van der Waals surface area (Å²) in [5, 5.41) is 11.1. The van der Waals surface area contributed by atoms with Crippen LogP contribution in [0.5, 0.6) is 11.5 Å². The van der Waals surface area contributed by atoms with Gasteiger partial charge in [0.25, 0.3) is 5.69 Å². The molecule has 2 heterocycles. The number of hydrogen-bond donors (Lipinski definition) is 0. The van der Waals surface area contributed by atoms with Gasteiger partial charge in [0.2, 0.25) is 0 Å². The fourth-order valence-electron chi connectivity index (χ4n) is 3.54. The van der Waals surface area contributed by atoms with Gasteiger partial charge >= 0.3 is 0 Å². The molecule has 0 bridgehead atoms. The molecule has 0 saturated carbocycles. The van der Waals surface area contributed by atoms with Crippen LogP contribution in [-0.2, 0) is 11.3 Å². The summed E-state index contributed by atoms with van der Waals surface area (Å²) >= 11 is 0. The number of nitro benzene ring substituents is 1. The highest BCUT2D eigenvalue weighted by Gasteiger charge is 2.26. The van der Waals surface area contributed by atoms with Crippen LogP contribution in [0.2, 0.25) is 0 Å².